The molecular weight excluding hydrogens is 369 g/mol. The molecule has 5 nitrogen and oxygen atoms in total. The second kappa shape index (κ2) is 8.57. The number of aryl methyl sites for hydroxylation is 1. The van der Waals surface area contributed by atoms with Gasteiger partial charge < -0.3 is 10.0 Å². The van der Waals surface area contributed by atoms with Crippen LogP contribution >= 0.6 is 0 Å². The predicted molar refractivity (Wildman–Crippen MR) is 111 cm³/mol. The summed E-state index contributed by atoms with van der Waals surface area (Å²) in [6.07, 6.45) is 3.00. The zero-order valence-electron chi connectivity index (χ0n) is 16.9. The Balaban J connectivity index is 1.72. The quantitative estimate of drug-likeness (QED) is 0.630. The van der Waals surface area contributed by atoms with Gasteiger partial charge in [-0.15, -0.1) is 0 Å². The molecule has 3 aromatic rings. The van der Waals surface area contributed by atoms with Gasteiger partial charge in [-0.25, -0.2) is 4.39 Å². The minimum atomic E-state index is -0.741. The zero-order valence-corrected chi connectivity index (χ0v) is 16.9. The van der Waals surface area contributed by atoms with E-state index in [9.17, 15) is 14.3 Å². The molecule has 3 rings (SSSR count). The topological polar surface area (TPSA) is 69.2 Å². The average molecular weight is 395 g/mol. The Morgan fingerprint density at radius 3 is 2.62 bits per heavy atom. The van der Waals surface area contributed by atoms with Crippen LogP contribution < -0.4 is 0 Å². The second-order valence-electron chi connectivity index (χ2n) is 7.95. The van der Waals surface area contributed by atoms with Crippen molar-refractivity contribution in [3.63, 3.8) is 0 Å². The van der Waals surface area contributed by atoms with Crippen molar-refractivity contribution in [3.05, 3.63) is 77.2 Å². The lowest BCUT2D eigenvalue weighted by Crippen LogP contribution is -2.26. The maximum absolute atomic E-state index is 13.2. The number of nitrogens with zero attached hydrogens (tertiary/aromatic N) is 2. The predicted octanol–water partition coefficient (Wildman–Crippen LogP) is 4.19. The summed E-state index contributed by atoms with van der Waals surface area (Å²) in [7, 11) is 1.74. The van der Waals surface area contributed by atoms with E-state index in [0.29, 0.717) is 24.9 Å². The number of H-pyrrole nitrogens is 1. The van der Waals surface area contributed by atoms with Gasteiger partial charge in [-0.05, 0) is 68.7 Å². The third-order valence-corrected chi connectivity index (χ3v) is 4.80. The standard InChI is InChI=1S/C23H26FN3O2/c1-23(2,29)12-11-16-5-4-6-18(13-16)22(28)27(3)15-19-14-25-26-21(19)17-7-9-20(24)10-8-17/h4-10,13-14,29H,11-12,15H2,1-3H3,(H,25,26). The molecule has 0 spiro atoms. The van der Waals surface area contributed by atoms with E-state index in [4.69, 9.17) is 0 Å². The Hall–Kier alpha value is -2.99. The first-order valence-electron chi connectivity index (χ1n) is 9.58. The first-order chi connectivity index (χ1) is 13.7. The number of carbonyl (C=O) groups is 1. The number of aromatic amines is 1. The first-order valence-corrected chi connectivity index (χ1v) is 9.58. The van der Waals surface area contributed by atoms with Crippen LogP contribution in [0.15, 0.2) is 54.7 Å². The van der Waals surface area contributed by atoms with Crippen molar-refractivity contribution in [1.82, 2.24) is 15.1 Å². The molecule has 0 saturated heterocycles. The number of benzene rings is 2. The molecule has 29 heavy (non-hydrogen) atoms. The van der Waals surface area contributed by atoms with E-state index in [1.54, 1.807) is 50.2 Å². The lowest BCUT2D eigenvalue weighted by Gasteiger charge is -2.19. The van der Waals surface area contributed by atoms with E-state index in [1.807, 2.05) is 18.2 Å². The summed E-state index contributed by atoms with van der Waals surface area (Å²) in [6.45, 7) is 3.93. The number of rotatable bonds is 7. The van der Waals surface area contributed by atoms with Crippen molar-refractivity contribution in [3.8, 4) is 11.3 Å². The van der Waals surface area contributed by atoms with E-state index in [2.05, 4.69) is 10.2 Å². The van der Waals surface area contributed by atoms with Crippen LogP contribution in [-0.4, -0.2) is 38.8 Å². The Morgan fingerprint density at radius 2 is 1.93 bits per heavy atom. The molecule has 152 valence electrons. The van der Waals surface area contributed by atoms with Gasteiger partial charge in [0.15, 0.2) is 0 Å². The van der Waals surface area contributed by atoms with Crippen LogP contribution in [0.4, 0.5) is 4.39 Å². The Labute approximate surface area is 170 Å². The second-order valence-corrected chi connectivity index (χ2v) is 7.95. The largest absolute Gasteiger partial charge is 0.390 e. The van der Waals surface area contributed by atoms with Crippen molar-refractivity contribution in [2.75, 3.05) is 7.05 Å². The highest BCUT2D eigenvalue weighted by Crippen LogP contribution is 2.23. The monoisotopic (exact) mass is 395 g/mol. The minimum absolute atomic E-state index is 0.0960. The third-order valence-electron chi connectivity index (χ3n) is 4.80. The summed E-state index contributed by atoms with van der Waals surface area (Å²) in [5.74, 6) is -0.395. The van der Waals surface area contributed by atoms with Crippen LogP contribution in [0.1, 0.15) is 41.8 Å². The van der Waals surface area contributed by atoms with E-state index in [0.717, 1.165) is 22.4 Å². The molecule has 1 amide bonds. The number of halogens is 1. The molecule has 0 unspecified atom stereocenters. The molecular formula is C23H26FN3O2. The van der Waals surface area contributed by atoms with Crippen LogP contribution in [-0.2, 0) is 13.0 Å². The number of nitrogens with one attached hydrogen (secondary N) is 1. The minimum Gasteiger partial charge on any atom is -0.390 e. The van der Waals surface area contributed by atoms with Crippen LogP contribution in [0.2, 0.25) is 0 Å². The number of amides is 1. The number of carbonyl (C=O) groups excluding carboxylic acids is 1. The van der Waals surface area contributed by atoms with Crippen molar-refractivity contribution in [2.45, 2.75) is 38.8 Å². The highest BCUT2D eigenvalue weighted by atomic mass is 19.1. The van der Waals surface area contributed by atoms with Gasteiger partial charge in [-0.1, -0.05) is 12.1 Å². The van der Waals surface area contributed by atoms with Crippen molar-refractivity contribution < 1.29 is 14.3 Å². The van der Waals surface area contributed by atoms with Crippen LogP contribution in [0.3, 0.4) is 0 Å². The molecule has 0 aliphatic rings. The van der Waals surface area contributed by atoms with E-state index >= 15 is 0 Å². The van der Waals surface area contributed by atoms with Gasteiger partial charge in [0, 0.05) is 30.3 Å². The van der Waals surface area contributed by atoms with E-state index < -0.39 is 5.60 Å². The molecule has 0 radical (unpaired) electrons. The fourth-order valence-electron chi connectivity index (χ4n) is 3.16. The fraction of sp³-hybridized carbons (Fsp3) is 0.304. The summed E-state index contributed by atoms with van der Waals surface area (Å²) in [4.78, 5) is 14.5. The molecule has 2 N–H and O–H groups in total. The lowest BCUT2D eigenvalue weighted by molar-refractivity contribution is 0.0714. The highest BCUT2D eigenvalue weighted by molar-refractivity contribution is 5.94. The molecule has 1 heterocycles. The SMILES string of the molecule is CN(Cc1cn[nH]c1-c1ccc(F)cc1)C(=O)c1cccc(CCC(C)(C)O)c1. The summed E-state index contributed by atoms with van der Waals surface area (Å²) in [5, 5.41) is 16.9. The summed E-state index contributed by atoms with van der Waals surface area (Å²) in [5.41, 5.74) is 3.31. The van der Waals surface area contributed by atoms with Gasteiger partial charge in [0.2, 0.25) is 0 Å². The molecule has 6 heteroatoms. The molecule has 0 aliphatic heterocycles. The fourth-order valence-corrected chi connectivity index (χ4v) is 3.16. The van der Waals surface area contributed by atoms with Gasteiger partial charge >= 0.3 is 0 Å². The maximum atomic E-state index is 13.2. The molecule has 0 bridgehead atoms. The third kappa shape index (κ3) is 5.51. The van der Waals surface area contributed by atoms with E-state index in [-0.39, 0.29) is 11.7 Å². The maximum Gasteiger partial charge on any atom is 0.253 e. The van der Waals surface area contributed by atoms with Gasteiger partial charge in [0.25, 0.3) is 5.91 Å². The zero-order chi connectivity index (χ0) is 21.0. The Bertz CT molecular complexity index is 974. The van der Waals surface area contributed by atoms with Crippen LogP contribution in [0.25, 0.3) is 11.3 Å². The van der Waals surface area contributed by atoms with E-state index in [1.165, 1.54) is 12.1 Å². The van der Waals surface area contributed by atoms with Gasteiger partial charge in [-0.3, -0.25) is 9.89 Å². The molecule has 0 fully saturated rings. The normalized spacial score (nSPS) is 11.5. The highest BCUT2D eigenvalue weighted by Gasteiger charge is 2.17. The molecule has 0 atom stereocenters. The number of hydrogen-bond acceptors (Lipinski definition) is 3. The summed E-state index contributed by atoms with van der Waals surface area (Å²) < 4.78 is 13.2. The smallest absolute Gasteiger partial charge is 0.253 e. The molecule has 2 aromatic carbocycles. The molecule has 0 saturated carbocycles. The van der Waals surface area contributed by atoms with Crippen LogP contribution in [0.5, 0.6) is 0 Å². The van der Waals surface area contributed by atoms with Gasteiger partial charge in [0.1, 0.15) is 5.82 Å². The number of hydrogen-bond donors (Lipinski definition) is 2. The lowest BCUT2D eigenvalue weighted by atomic mass is 9.97. The van der Waals surface area contributed by atoms with Crippen molar-refractivity contribution in [1.29, 1.82) is 0 Å². The van der Waals surface area contributed by atoms with Crippen molar-refractivity contribution >= 4 is 5.91 Å². The van der Waals surface area contributed by atoms with Crippen LogP contribution in [0, 0.1) is 5.82 Å². The summed E-state index contributed by atoms with van der Waals surface area (Å²) in [6, 6.07) is 13.7. The summed E-state index contributed by atoms with van der Waals surface area (Å²) >= 11 is 0. The average Bonchev–Trinajstić information content (AvgIpc) is 3.14. The Morgan fingerprint density at radius 1 is 1.21 bits per heavy atom. The van der Waals surface area contributed by atoms with Crippen molar-refractivity contribution in [2.24, 2.45) is 0 Å². The Kier molecular flexibility index (Phi) is 6.13. The molecule has 0 aliphatic carbocycles. The first kappa shape index (κ1) is 20.7. The molecule has 1 aromatic heterocycles. The number of aliphatic hydroxyl groups is 1. The number of aromatic nitrogens is 2. The van der Waals surface area contributed by atoms with Gasteiger partial charge in [0.05, 0.1) is 17.5 Å². The van der Waals surface area contributed by atoms with Gasteiger partial charge in [-0.2, -0.15) is 5.10 Å².